The van der Waals surface area contributed by atoms with E-state index in [1.165, 1.54) is 250 Å². The van der Waals surface area contributed by atoms with Gasteiger partial charge in [-0.1, -0.05) is 301 Å². The van der Waals surface area contributed by atoms with Gasteiger partial charge in [0.05, 0.1) is 25.4 Å². The molecule has 3 N–H and O–H groups in total. The quantitative estimate of drug-likeness (QED) is 0.0321. The van der Waals surface area contributed by atoms with E-state index >= 15 is 0 Å². The lowest BCUT2D eigenvalue weighted by Gasteiger charge is -2.20. The van der Waals surface area contributed by atoms with Crippen molar-refractivity contribution in [3.8, 4) is 0 Å². The molecule has 0 saturated heterocycles. The molecule has 0 aromatic carbocycles. The van der Waals surface area contributed by atoms with Crippen LogP contribution in [0.1, 0.15) is 328 Å². The maximum absolute atomic E-state index is 12.5. The van der Waals surface area contributed by atoms with Crippen LogP contribution in [0.4, 0.5) is 0 Å². The minimum atomic E-state index is -0.848. The molecule has 0 aliphatic rings. The highest BCUT2D eigenvalue weighted by Crippen LogP contribution is 2.17. The molecule has 2 atom stereocenters. The van der Waals surface area contributed by atoms with Gasteiger partial charge in [-0.25, -0.2) is 0 Å². The lowest BCUT2D eigenvalue weighted by atomic mass is 10.0. The summed E-state index contributed by atoms with van der Waals surface area (Å²) in [5, 5.41) is 23.2. The summed E-state index contributed by atoms with van der Waals surface area (Å²) in [6.45, 7) is 4.81. The Morgan fingerprint density at radius 2 is 0.725 bits per heavy atom. The highest BCUT2D eigenvalue weighted by molar-refractivity contribution is 5.76. The summed E-state index contributed by atoms with van der Waals surface area (Å²) in [4.78, 5) is 24.5. The van der Waals surface area contributed by atoms with Gasteiger partial charge in [0.15, 0.2) is 0 Å². The van der Waals surface area contributed by atoms with Crippen LogP contribution >= 0.6 is 0 Å². The van der Waals surface area contributed by atoms with Crippen LogP contribution in [0, 0.1) is 0 Å². The van der Waals surface area contributed by atoms with Crippen molar-refractivity contribution in [3.05, 3.63) is 36.5 Å². The fourth-order valence-corrected chi connectivity index (χ4v) is 9.47. The van der Waals surface area contributed by atoms with Gasteiger partial charge >= 0.3 is 5.97 Å². The van der Waals surface area contributed by atoms with Gasteiger partial charge in [-0.2, -0.15) is 0 Å². The molecule has 0 aromatic heterocycles. The fraction of sp³-hybridized carbons (Fsp3) is 0.873. The van der Waals surface area contributed by atoms with Crippen LogP contribution in [0.3, 0.4) is 0 Å². The third-order valence-corrected chi connectivity index (χ3v) is 14.2. The Hall–Kier alpha value is -1.92. The zero-order valence-corrected chi connectivity index (χ0v) is 46.3. The van der Waals surface area contributed by atoms with Crippen molar-refractivity contribution < 1.29 is 24.5 Å². The highest BCUT2D eigenvalue weighted by Gasteiger charge is 2.18. The number of hydrogen-bond donors (Lipinski definition) is 3. The van der Waals surface area contributed by atoms with Crippen molar-refractivity contribution in [1.82, 2.24) is 5.32 Å². The summed E-state index contributed by atoms with van der Waals surface area (Å²) >= 11 is 0. The Morgan fingerprint density at radius 1 is 0.406 bits per heavy atom. The molecule has 0 radical (unpaired) electrons. The van der Waals surface area contributed by atoms with Gasteiger partial charge in [-0.3, -0.25) is 9.59 Å². The summed E-state index contributed by atoms with van der Waals surface area (Å²) in [6, 6.07) is -0.632. The zero-order valence-electron chi connectivity index (χ0n) is 46.3. The van der Waals surface area contributed by atoms with Gasteiger partial charge in [0.1, 0.15) is 0 Å². The second kappa shape index (κ2) is 58.6. The molecular weight excluding hydrogens is 851 g/mol. The lowest BCUT2D eigenvalue weighted by molar-refractivity contribution is -0.143. The monoisotopic (exact) mass is 970 g/mol. The van der Waals surface area contributed by atoms with E-state index in [9.17, 15) is 19.8 Å². The Morgan fingerprint density at radius 3 is 1.10 bits per heavy atom. The average Bonchev–Trinajstić information content (AvgIpc) is 3.35. The molecule has 0 aromatic rings. The molecule has 0 heterocycles. The lowest BCUT2D eigenvalue weighted by Crippen LogP contribution is -2.45. The summed E-state index contributed by atoms with van der Waals surface area (Å²) in [7, 11) is 0. The van der Waals surface area contributed by atoms with Gasteiger partial charge in [-0.05, 0) is 51.4 Å². The zero-order chi connectivity index (χ0) is 50.0. The van der Waals surface area contributed by atoms with Crippen LogP contribution in [0.5, 0.6) is 0 Å². The van der Waals surface area contributed by atoms with Gasteiger partial charge in [0.25, 0.3) is 0 Å². The van der Waals surface area contributed by atoms with Crippen LogP contribution in [0.15, 0.2) is 36.5 Å². The number of amides is 1. The van der Waals surface area contributed by atoms with E-state index in [0.29, 0.717) is 19.4 Å². The number of carbonyl (C=O) groups is 2. The molecule has 0 spiro atoms. The summed E-state index contributed by atoms with van der Waals surface area (Å²) < 4.78 is 5.42. The Balaban J connectivity index is 3.48. The van der Waals surface area contributed by atoms with Gasteiger partial charge in [0.2, 0.25) is 5.91 Å². The molecular formula is C63H119NO5. The van der Waals surface area contributed by atoms with Crippen LogP contribution < -0.4 is 5.32 Å². The third-order valence-electron chi connectivity index (χ3n) is 14.2. The maximum atomic E-state index is 12.5. The van der Waals surface area contributed by atoms with Crippen molar-refractivity contribution in [2.75, 3.05) is 13.2 Å². The maximum Gasteiger partial charge on any atom is 0.305 e. The second-order valence-corrected chi connectivity index (χ2v) is 21.0. The van der Waals surface area contributed by atoms with Gasteiger partial charge in [0, 0.05) is 12.8 Å². The molecule has 0 aliphatic heterocycles. The van der Waals surface area contributed by atoms with Crippen LogP contribution in [0.2, 0.25) is 0 Å². The number of allylic oxidation sites excluding steroid dienone is 4. The number of esters is 1. The normalized spacial score (nSPS) is 12.8. The smallest absolute Gasteiger partial charge is 0.305 e. The number of unbranched alkanes of at least 4 members (excludes halogenated alkanes) is 42. The first-order valence-corrected chi connectivity index (χ1v) is 30.8. The molecule has 6 heteroatoms. The number of hydrogen-bond acceptors (Lipinski definition) is 5. The van der Waals surface area contributed by atoms with Crippen LogP contribution in [0.25, 0.3) is 0 Å². The molecule has 6 nitrogen and oxygen atoms in total. The van der Waals surface area contributed by atoms with Crippen molar-refractivity contribution >= 4 is 11.9 Å². The van der Waals surface area contributed by atoms with E-state index < -0.39 is 12.1 Å². The average molecular weight is 971 g/mol. The minimum absolute atomic E-state index is 0.0335. The molecule has 0 saturated carbocycles. The van der Waals surface area contributed by atoms with E-state index in [4.69, 9.17) is 4.74 Å². The number of rotatable bonds is 57. The molecule has 0 aliphatic carbocycles. The van der Waals surface area contributed by atoms with Gasteiger partial charge < -0.3 is 20.3 Å². The SMILES string of the molecule is CCCCCCCCCCCCCCCCC/C=C/C(O)C(CO)NC(=O)CCCCCCCCCCCCCCCC/C=C\C/C=C\CCOC(=O)CCCCCCCCCCCCCCCC. The van der Waals surface area contributed by atoms with Crippen molar-refractivity contribution in [1.29, 1.82) is 0 Å². The second-order valence-electron chi connectivity index (χ2n) is 21.0. The number of aliphatic hydroxyl groups is 2. The molecule has 2 unspecified atom stereocenters. The van der Waals surface area contributed by atoms with E-state index in [1.54, 1.807) is 6.08 Å². The van der Waals surface area contributed by atoms with Gasteiger partial charge in [-0.15, -0.1) is 0 Å². The predicted octanol–water partition coefficient (Wildman–Crippen LogP) is 19.2. The first-order valence-electron chi connectivity index (χ1n) is 30.8. The minimum Gasteiger partial charge on any atom is -0.465 e. The summed E-state index contributed by atoms with van der Waals surface area (Å²) in [5.74, 6) is -0.104. The Labute approximate surface area is 430 Å². The first-order chi connectivity index (χ1) is 34.0. The Kier molecular flexibility index (Phi) is 57.0. The highest BCUT2D eigenvalue weighted by atomic mass is 16.5. The summed E-state index contributed by atoms with van der Waals surface area (Å²) in [6.07, 6.45) is 73.4. The molecule has 0 bridgehead atoms. The van der Waals surface area contributed by atoms with Crippen molar-refractivity contribution in [2.24, 2.45) is 0 Å². The van der Waals surface area contributed by atoms with Crippen LogP contribution in [-0.4, -0.2) is 47.4 Å². The standard InChI is InChI=1S/C63H119NO5/c1-3-5-7-9-11-13-15-17-19-25-28-31-35-39-43-47-51-55-61(66)60(59-65)64-62(67)56-52-48-44-40-36-32-29-26-23-21-20-22-24-27-30-34-38-42-46-50-54-58-69-63(68)57-53-49-45-41-37-33-18-16-14-12-10-8-6-4-2/h34,38,46,50-51,55,60-61,65-66H,3-33,35-37,39-45,47-49,52-54,56-59H2,1-2H3,(H,64,67)/b38-34-,50-46-,55-51+. The van der Waals surface area contributed by atoms with Crippen molar-refractivity contribution in [2.45, 2.75) is 341 Å². The number of nitrogens with one attached hydrogen (secondary N) is 1. The molecule has 1 amide bonds. The first kappa shape index (κ1) is 67.1. The molecule has 406 valence electrons. The largest absolute Gasteiger partial charge is 0.465 e. The van der Waals surface area contributed by atoms with E-state index in [1.807, 2.05) is 6.08 Å². The number of carbonyl (C=O) groups excluding carboxylic acids is 2. The Bertz CT molecular complexity index is 1120. The molecule has 0 fully saturated rings. The van der Waals surface area contributed by atoms with Crippen LogP contribution in [-0.2, 0) is 14.3 Å². The third kappa shape index (κ3) is 55.2. The summed E-state index contributed by atoms with van der Waals surface area (Å²) in [5.41, 5.74) is 0. The van der Waals surface area contributed by atoms with E-state index in [0.717, 1.165) is 51.4 Å². The van der Waals surface area contributed by atoms with Crippen molar-refractivity contribution in [3.63, 3.8) is 0 Å². The number of aliphatic hydroxyl groups excluding tert-OH is 2. The molecule has 69 heavy (non-hydrogen) atoms. The predicted molar refractivity (Wildman–Crippen MR) is 301 cm³/mol. The molecule has 0 rings (SSSR count). The van der Waals surface area contributed by atoms with E-state index in [2.05, 4.69) is 43.5 Å². The number of ether oxygens (including phenoxy) is 1. The van der Waals surface area contributed by atoms with E-state index in [-0.39, 0.29) is 18.5 Å². The fourth-order valence-electron chi connectivity index (χ4n) is 9.47. The topological polar surface area (TPSA) is 95.9 Å².